The molecule has 0 radical (unpaired) electrons. The van der Waals surface area contributed by atoms with Crippen LogP contribution in [-0.4, -0.2) is 37.2 Å². The molecule has 0 aromatic heterocycles. The highest BCUT2D eigenvalue weighted by Crippen LogP contribution is 2.17. The SMILES string of the molecule is CCCCCCCCCCCCCCCCCCCCC(=O)OC[C@@H](COC(=O)CCCCCCCCCCCC)OC(=O)CCCCCCCCCCCCCC(C)C. The van der Waals surface area contributed by atoms with Crippen molar-refractivity contribution >= 4 is 17.9 Å². The highest BCUT2D eigenvalue weighted by molar-refractivity contribution is 5.71. The molecule has 0 saturated carbocycles. The van der Waals surface area contributed by atoms with Crippen molar-refractivity contribution in [3.63, 3.8) is 0 Å². The van der Waals surface area contributed by atoms with Gasteiger partial charge < -0.3 is 14.2 Å². The van der Waals surface area contributed by atoms with E-state index in [9.17, 15) is 14.4 Å². The van der Waals surface area contributed by atoms with Crippen LogP contribution >= 0.6 is 0 Å². The summed E-state index contributed by atoms with van der Waals surface area (Å²) in [6.45, 7) is 9.02. The summed E-state index contributed by atoms with van der Waals surface area (Å²) in [6.07, 6.45) is 50.9. The molecule has 0 aromatic rings. The van der Waals surface area contributed by atoms with Crippen LogP contribution in [0.5, 0.6) is 0 Å². The Hall–Kier alpha value is -1.59. The van der Waals surface area contributed by atoms with Gasteiger partial charge in [0, 0.05) is 19.3 Å². The number of hydrogen-bond donors (Lipinski definition) is 0. The number of hydrogen-bond acceptors (Lipinski definition) is 6. The summed E-state index contributed by atoms with van der Waals surface area (Å²) in [5.41, 5.74) is 0. The van der Waals surface area contributed by atoms with E-state index in [1.54, 1.807) is 0 Å². The monoisotopic (exact) mass is 849 g/mol. The molecule has 6 heteroatoms. The molecule has 1 atom stereocenters. The normalized spacial score (nSPS) is 11.9. The average molecular weight is 849 g/mol. The minimum atomic E-state index is -0.760. The Bertz CT molecular complexity index is 903. The number of unbranched alkanes of at least 4 members (excludes halogenated alkanes) is 36. The molecule has 0 aromatic carbocycles. The smallest absolute Gasteiger partial charge is 0.306 e. The van der Waals surface area contributed by atoms with Crippen LogP contribution in [0.15, 0.2) is 0 Å². The number of ether oxygens (including phenoxy) is 3. The maximum Gasteiger partial charge on any atom is 0.306 e. The van der Waals surface area contributed by atoms with Gasteiger partial charge in [0.2, 0.25) is 0 Å². The lowest BCUT2D eigenvalue weighted by Crippen LogP contribution is -2.30. The first-order chi connectivity index (χ1) is 29.4. The molecule has 0 aliphatic carbocycles. The zero-order chi connectivity index (χ0) is 43.8. The molecule has 0 rings (SSSR count). The average Bonchev–Trinajstić information content (AvgIpc) is 3.23. The van der Waals surface area contributed by atoms with Crippen molar-refractivity contribution < 1.29 is 28.6 Å². The molecule has 0 aliphatic heterocycles. The Morgan fingerprint density at radius 3 is 0.817 bits per heavy atom. The molecule has 0 bridgehead atoms. The van der Waals surface area contributed by atoms with E-state index >= 15 is 0 Å². The third kappa shape index (κ3) is 47.5. The second kappa shape index (κ2) is 48.4. The van der Waals surface area contributed by atoms with Gasteiger partial charge in [0.05, 0.1) is 0 Å². The Balaban J connectivity index is 4.25. The van der Waals surface area contributed by atoms with E-state index < -0.39 is 6.10 Å². The molecule has 0 saturated heterocycles. The number of carbonyl (C=O) groups excluding carboxylic acids is 3. The van der Waals surface area contributed by atoms with Gasteiger partial charge in [0.25, 0.3) is 0 Å². The lowest BCUT2D eigenvalue weighted by Gasteiger charge is -2.18. The third-order valence-corrected chi connectivity index (χ3v) is 12.3. The number of carbonyl (C=O) groups is 3. The van der Waals surface area contributed by atoms with Gasteiger partial charge in [-0.3, -0.25) is 14.4 Å². The van der Waals surface area contributed by atoms with E-state index in [1.807, 2.05) is 0 Å². The predicted octanol–water partition coefficient (Wildman–Crippen LogP) is 17.5. The molecule has 0 spiro atoms. The maximum atomic E-state index is 12.8. The van der Waals surface area contributed by atoms with Crippen molar-refractivity contribution in [1.82, 2.24) is 0 Å². The first kappa shape index (κ1) is 58.4. The summed E-state index contributed by atoms with van der Waals surface area (Å²) >= 11 is 0. The van der Waals surface area contributed by atoms with E-state index in [-0.39, 0.29) is 31.1 Å². The fourth-order valence-corrected chi connectivity index (χ4v) is 8.22. The van der Waals surface area contributed by atoms with Crippen molar-refractivity contribution in [2.24, 2.45) is 5.92 Å². The second-order valence-electron chi connectivity index (χ2n) is 19.0. The minimum Gasteiger partial charge on any atom is -0.462 e. The molecule has 6 nitrogen and oxygen atoms in total. The Morgan fingerprint density at radius 2 is 0.550 bits per heavy atom. The fourth-order valence-electron chi connectivity index (χ4n) is 8.22. The molecule has 0 fully saturated rings. The largest absolute Gasteiger partial charge is 0.462 e. The van der Waals surface area contributed by atoms with Gasteiger partial charge in [0.1, 0.15) is 13.2 Å². The summed E-state index contributed by atoms with van der Waals surface area (Å²) < 4.78 is 16.8. The summed E-state index contributed by atoms with van der Waals surface area (Å²) in [6, 6.07) is 0. The summed E-state index contributed by atoms with van der Waals surface area (Å²) in [5.74, 6) is -0.0189. The summed E-state index contributed by atoms with van der Waals surface area (Å²) in [7, 11) is 0. The van der Waals surface area contributed by atoms with Gasteiger partial charge in [-0.1, -0.05) is 265 Å². The van der Waals surface area contributed by atoms with Gasteiger partial charge in [-0.25, -0.2) is 0 Å². The van der Waals surface area contributed by atoms with Crippen molar-refractivity contribution in [1.29, 1.82) is 0 Å². The quantitative estimate of drug-likeness (QED) is 0.0345. The van der Waals surface area contributed by atoms with Gasteiger partial charge in [-0.2, -0.15) is 0 Å². The van der Waals surface area contributed by atoms with Gasteiger partial charge in [-0.15, -0.1) is 0 Å². The molecule has 0 heterocycles. The highest BCUT2D eigenvalue weighted by atomic mass is 16.6. The van der Waals surface area contributed by atoms with Crippen LogP contribution in [0.25, 0.3) is 0 Å². The molecular weight excluding hydrogens is 745 g/mol. The molecule has 0 N–H and O–H groups in total. The Morgan fingerprint density at radius 1 is 0.317 bits per heavy atom. The zero-order valence-electron chi connectivity index (χ0n) is 40.9. The lowest BCUT2D eigenvalue weighted by molar-refractivity contribution is -0.167. The molecule has 0 aliphatic rings. The van der Waals surface area contributed by atoms with Crippen molar-refractivity contribution in [2.75, 3.05) is 13.2 Å². The standard InChI is InChI=1S/C54H104O6/c1-5-7-9-11-13-15-17-18-19-20-21-22-23-26-30-34-38-42-46-53(56)59-49-51(48-58-52(55)45-41-37-33-29-16-14-12-10-8-6-2)60-54(57)47-43-39-35-31-27-24-25-28-32-36-40-44-50(3)4/h50-51H,5-49H2,1-4H3/t51-/m1/s1. The van der Waals surface area contributed by atoms with Crippen LogP contribution in [0.2, 0.25) is 0 Å². The van der Waals surface area contributed by atoms with Crippen LogP contribution in [0.4, 0.5) is 0 Å². The van der Waals surface area contributed by atoms with E-state index in [4.69, 9.17) is 14.2 Å². The van der Waals surface area contributed by atoms with Gasteiger partial charge in [0.15, 0.2) is 6.10 Å². The van der Waals surface area contributed by atoms with Gasteiger partial charge in [-0.05, 0) is 25.2 Å². The minimum absolute atomic E-state index is 0.0626. The molecule has 0 unspecified atom stereocenters. The van der Waals surface area contributed by atoms with Gasteiger partial charge >= 0.3 is 17.9 Å². The van der Waals surface area contributed by atoms with E-state index in [0.29, 0.717) is 19.3 Å². The fraction of sp³-hybridized carbons (Fsp3) is 0.944. The van der Waals surface area contributed by atoms with Crippen LogP contribution in [0.1, 0.15) is 304 Å². The van der Waals surface area contributed by atoms with E-state index in [0.717, 1.165) is 63.7 Å². The number of rotatable bonds is 49. The highest BCUT2D eigenvalue weighted by Gasteiger charge is 2.19. The molecule has 60 heavy (non-hydrogen) atoms. The first-order valence-corrected chi connectivity index (χ1v) is 26.9. The van der Waals surface area contributed by atoms with Crippen molar-refractivity contribution in [3.8, 4) is 0 Å². The van der Waals surface area contributed by atoms with Crippen LogP contribution < -0.4 is 0 Å². The summed E-state index contributed by atoms with van der Waals surface area (Å²) in [4.78, 5) is 37.9. The number of esters is 3. The van der Waals surface area contributed by atoms with Crippen molar-refractivity contribution in [3.05, 3.63) is 0 Å². The first-order valence-electron chi connectivity index (χ1n) is 26.9. The maximum absolute atomic E-state index is 12.8. The van der Waals surface area contributed by atoms with E-state index in [2.05, 4.69) is 27.7 Å². The Labute approximate surface area is 374 Å². The lowest BCUT2D eigenvalue weighted by atomic mass is 10.0. The predicted molar refractivity (Wildman–Crippen MR) is 257 cm³/mol. The zero-order valence-corrected chi connectivity index (χ0v) is 40.9. The van der Waals surface area contributed by atoms with E-state index in [1.165, 1.54) is 199 Å². The van der Waals surface area contributed by atoms with Crippen LogP contribution in [0.3, 0.4) is 0 Å². The Kier molecular flexibility index (Phi) is 47.2. The van der Waals surface area contributed by atoms with Crippen LogP contribution in [0, 0.1) is 5.92 Å². The third-order valence-electron chi connectivity index (χ3n) is 12.3. The molecule has 0 amide bonds. The molecular formula is C54H104O6. The summed E-state index contributed by atoms with van der Waals surface area (Å²) in [5, 5.41) is 0. The second-order valence-corrected chi connectivity index (χ2v) is 19.0. The molecule has 356 valence electrons. The van der Waals surface area contributed by atoms with Crippen LogP contribution in [-0.2, 0) is 28.6 Å². The van der Waals surface area contributed by atoms with Crippen molar-refractivity contribution in [2.45, 2.75) is 310 Å². The topological polar surface area (TPSA) is 78.9 Å².